The monoisotopic (exact) mass is 503 g/mol. The standard InChI is InChI=1S/C21H19F2N7O4S/c1-11-10-35(32,33)17-6-12(16(34-21(22)23)7-14(17)26-11)18-15(9-29(2)28-18)27-20(31)13-8-25-30-5-3-4-24-19(13)30/h3-9,11,21,26H,10H2,1-2H3,(H,27,31). The lowest BCUT2D eigenvalue weighted by molar-refractivity contribution is -0.0494. The summed E-state index contributed by atoms with van der Waals surface area (Å²) in [4.78, 5) is 17.1. The molecular weight excluding hydrogens is 484 g/mol. The molecule has 11 nitrogen and oxygen atoms in total. The Hall–Kier alpha value is -4.07. The molecule has 3 aromatic heterocycles. The number of nitrogens with zero attached hydrogens (tertiary/aromatic N) is 5. The van der Waals surface area contributed by atoms with Gasteiger partial charge in [0.05, 0.1) is 28.2 Å². The quantitative estimate of drug-likeness (QED) is 0.425. The third-order valence-electron chi connectivity index (χ3n) is 5.36. The van der Waals surface area contributed by atoms with Crippen molar-refractivity contribution in [2.45, 2.75) is 24.5 Å². The van der Waals surface area contributed by atoms with E-state index >= 15 is 0 Å². The summed E-state index contributed by atoms with van der Waals surface area (Å²) in [7, 11) is -2.13. The Morgan fingerprint density at radius 3 is 2.91 bits per heavy atom. The average Bonchev–Trinajstić information content (AvgIpc) is 3.35. The maximum Gasteiger partial charge on any atom is 0.387 e. The maximum absolute atomic E-state index is 13.3. The average molecular weight is 503 g/mol. The zero-order valence-electron chi connectivity index (χ0n) is 18.4. The largest absolute Gasteiger partial charge is 0.434 e. The molecule has 1 amide bonds. The molecule has 14 heteroatoms. The minimum atomic E-state index is -3.70. The van der Waals surface area contributed by atoms with Gasteiger partial charge in [-0.2, -0.15) is 19.0 Å². The number of carbonyl (C=O) groups is 1. The van der Waals surface area contributed by atoms with E-state index in [-0.39, 0.29) is 44.6 Å². The summed E-state index contributed by atoms with van der Waals surface area (Å²) in [6.07, 6.45) is 5.95. The van der Waals surface area contributed by atoms with Crippen molar-refractivity contribution in [3.63, 3.8) is 0 Å². The predicted octanol–water partition coefficient (Wildman–Crippen LogP) is 2.57. The lowest BCUT2D eigenvalue weighted by Crippen LogP contribution is -2.31. The maximum atomic E-state index is 13.3. The number of hydrogen-bond acceptors (Lipinski definition) is 8. The zero-order valence-corrected chi connectivity index (χ0v) is 19.3. The fourth-order valence-electron chi connectivity index (χ4n) is 3.99. The smallest absolute Gasteiger partial charge is 0.387 e. The number of fused-ring (bicyclic) bond motifs is 2. The molecule has 1 aliphatic heterocycles. The highest BCUT2D eigenvalue weighted by Gasteiger charge is 2.31. The van der Waals surface area contributed by atoms with Crippen molar-refractivity contribution in [3.8, 4) is 17.0 Å². The van der Waals surface area contributed by atoms with Gasteiger partial charge in [-0.3, -0.25) is 9.48 Å². The predicted molar refractivity (Wildman–Crippen MR) is 121 cm³/mol. The first kappa shape index (κ1) is 22.7. The van der Waals surface area contributed by atoms with Crippen LogP contribution in [0.1, 0.15) is 17.3 Å². The van der Waals surface area contributed by atoms with Gasteiger partial charge in [-0.05, 0) is 19.1 Å². The van der Waals surface area contributed by atoms with Gasteiger partial charge in [0.15, 0.2) is 15.5 Å². The van der Waals surface area contributed by atoms with Crippen LogP contribution in [0.15, 0.2) is 47.9 Å². The van der Waals surface area contributed by atoms with Crippen LogP contribution < -0.4 is 15.4 Å². The second-order valence-electron chi connectivity index (χ2n) is 8.02. The molecule has 0 radical (unpaired) electrons. The van der Waals surface area contributed by atoms with Crippen LogP contribution in [0.4, 0.5) is 20.2 Å². The van der Waals surface area contributed by atoms with Crippen LogP contribution in [0, 0.1) is 0 Å². The van der Waals surface area contributed by atoms with Gasteiger partial charge in [0.1, 0.15) is 17.0 Å². The third-order valence-corrected chi connectivity index (χ3v) is 7.31. The molecule has 0 aliphatic carbocycles. The molecule has 5 rings (SSSR count). The normalized spacial score (nSPS) is 16.7. The Kier molecular flexibility index (Phi) is 5.39. The number of aromatic nitrogens is 5. The first-order valence-corrected chi connectivity index (χ1v) is 12.0. The summed E-state index contributed by atoms with van der Waals surface area (Å²) >= 11 is 0. The number of halogens is 2. The molecule has 35 heavy (non-hydrogen) atoms. The first-order chi connectivity index (χ1) is 16.6. The van der Waals surface area contributed by atoms with Crippen LogP contribution in [0.25, 0.3) is 16.9 Å². The van der Waals surface area contributed by atoms with Crippen molar-refractivity contribution in [1.29, 1.82) is 0 Å². The molecule has 0 fully saturated rings. The minimum absolute atomic E-state index is 0.0159. The summed E-state index contributed by atoms with van der Waals surface area (Å²) in [5.74, 6) is -1.02. The van der Waals surface area contributed by atoms with E-state index in [1.54, 1.807) is 26.2 Å². The lowest BCUT2D eigenvalue weighted by atomic mass is 10.1. The van der Waals surface area contributed by atoms with Crippen LogP contribution in [0.2, 0.25) is 0 Å². The fraction of sp³-hybridized carbons (Fsp3) is 0.238. The van der Waals surface area contributed by atoms with Gasteiger partial charge in [0.2, 0.25) is 0 Å². The molecule has 1 unspecified atom stereocenters. The molecule has 1 aliphatic rings. The number of sulfone groups is 1. The topological polar surface area (TPSA) is 133 Å². The van der Waals surface area contributed by atoms with Crippen molar-refractivity contribution >= 4 is 32.8 Å². The fourth-order valence-corrected chi connectivity index (χ4v) is 5.66. The van der Waals surface area contributed by atoms with Crippen molar-refractivity contribution in [2.24, 2.45) is 7.05 Å². The van der Waals surface area contributed by atoms with Gasteiger partial charge >= 0.3 is 6.61 Å². The zero-order chi connectivity index (χ0) is 24.9. The van der Waals surface area contributed by atoms with Gasteiger partial charge in [0, 0.05) is 43.3 Å². The first-order valence-electron chi connectivity index (χ1n) is 10.4. The third kappa shape index (κ3) is 4.16. The molecule has 0 saturated heterocycles. The number of amides is 1. The van der Waals surface area contributed by atoms with Gasteiger partial charge in [-0.15, -0.1) is 0 Å². The number of rotatable bonds is 5. The van der Waals surface area contributed by atoms with Crippen LogP contribution >= 0.6 is 0 Å². The SMILES string of the molecule is CC1CS(=O)(=O)c2cc(-c3nn(C)cc3NC(=O)c3cnn4cccnc34)c(OC(F)F)cc2N1. The second kappa shape index (κ2) is 8.30. The van der Waals surface area contributed by atoms with E-state index in [2.05, 4.69) is 25.8 Å². The summed E-state index contributed by atoms with van der Waals surface area (Å²) in [5.41, 5.74) is 0.840. The van der Waals surface area contributed by atoms with E-state index in [1.807, 2.05) is 0 Å². The van der Waals surface area contributed by atoms with Crippen LogP contribution in [-0.2, 0) is 16.9 Å². The summed E-state index contributed by atoms with van der Waals surface area (Å²) in [6.45, 7) is -1.50. The number of aryl methyl sites for hydroxylation is 1. The Balaban J connectivity index is 1.61. The Labute approximate surface area is 197 Å². The summed E-state index contributed by atoms with van der Waals surface area (Å²) < 4.78 is 59.6. The number of benzene rings is 1. The molecule has 1 atom stereocenters. The highest BCUT2D eigenvalue weighted by Crippen LogP contribution is 2.42. The molecule has 0 spiro atoms. The molecule has 0 saturated carbocycles. The summed E-state index contributed by atoms with van der Waals surface area (Å²) in [5, 5.41) is 14.0. The Morgan fingerprint density at radius 1 is 1.34 bits per heavy atom. The molecule has 0 bridgehead atoms. The number of anilines is 2. The van der Waals surface area contributed by atoms with E-state index in [0.29, 0.717) is 5.65 Å². The van der Waals surface area contributed by atoms with E-state index in [9.17, 15) is 22.0 Å². The van der Waals surface area contributed by atoms with Crippen molar-refractivity contribution in [2.75, 3.05) is 16.4 Å². The van der Waals surface area contributed by atoms with Crippen molar-refractivity contribution in [1.82, 2.24) is 24.4 Å². The molecule has 4 aromatic rings. The molecule has 2 N–H and O–H groups in total. The number of nitrogens with one attached hydrogen (secondary N) is 2. The highest BCUT2D eigenvalue weighted by molar-refractivity contribution is 7.91. The second-order valence-corrected chi connectivity index (χ2v) is 10.0. The highest BCUT2D eigenvalue weighted by atomic mass is 32.2. The van der Waals surface area contributed by atoms with Crippen LogP contribution in [-0.4, -0.2) is 57.1 Å². The molecule has 4 heterocycles. The molecule has 182 valence electrons. The molecular formula is C21H19F2N7O4S. The van der Waals surface area contributed by atoms with Crippen LogP contribution in [0.3, 0.4) is 0 Å². The van der Waals surface area contributed by atoms with Crippen LogP contribution in [0.5, 0.6) is 5.75 Å². The van der Waals surface area contributed by atoms with Gasteiger partial charge in [-0.1, -0.05) is 0 Å². The molecule has 1 aromatic carbocycles. The Bertz CT molecular complexity index is 1570. The van der Waals surface area contributed by atoms with Gasteiger partial charge in [-0.25, -0.2) is 17.9 Å². The number of carbonyl (C=O) groups excluding carboxylic acids is 1. The van der Waals surface area contributed by atoms with E-state index in [1.165, 1.54) is 39.9 Å². The van der Waals surface area contributed by atoms with Gasteiger partial charge in [0.25, 0.3) is 5.91 Å². The van der Waals surface area contributed by atoms with E-state index < -0.39 is 28.4 Å². The summed E-state index contributed by atoms with van der Waals surface area (Å²) in [6, 6.07) is 3.68. The van der Waals surface area contributed by atoms with E-state index in [4.69, 9.17) is 4.74 Å². The van der Waals surface area contributed by atoms with Crippen molar-refractivity contribution < 1.29 is 26.7 Å². The Morgan fingerprint density at radius 2 is 2.14 bits per heavy atom. The number of alkyl halides is 2. The number of hydrogen-bond donors (Lipinski definition) is 2. The van der Waals surface area contributed by atoms with Gasteiger partial charge < -0.3 is 15.4 Å². The number of ether oxygens (including phenoxy) is 1. The minimum Gasteiger partial charge on any atom is -0.434 e. The van der Waals surface area contributed by atoms with Crippen molar-refractivity contribution in [3.05, 3.63) is 48.5 Å². The van der Waals surface area contributed by atoms with E-state index in [0.717, 1.165) is 0 Å². The lowest BCUT2D eigenvalue weighted by Gasteiger charge is -2.25.